The molecule has 0 aliphatic carbocycles. The van der Waals surface area contributed by atoms with Crippen LogP contribution < -0.4 is 0 Å². The second kappa shape index (κ2) is 42.1. The molecule has 87 heavy (non-hydrogen) atoms. The van der Waals surface area contributed by atoms with Crippen LogP contribution in [0, 0.1) is 0 Å². The highest BCUT2D eigenvalue weighted by molar-refractivity contribution is 7.91. The zero-order valence-electron chi connectivity index (χ0n) is 49.2. The third-order valence-electron chi connectivity index (χ3n) is 15.8. The van der Waals surface area contributed by atoms with Crippen molar-refractivity contribution >= 4 is 57.6 Å². The first kappa shape index (κ1) is 78.2. The third-order valence-corrected chi connectivity index (χ3v) is 17.3. The average molecular weight is 1280 g/mol. The number of sulfone groups is 1. The van der Waals surface area contributed by atoms with Crippen LogP contribution in [0.25, 0.3) is 0 Å². The van der Waals surface area contributed by atoms with Crippen molar-refractivity contribution in [3.05, 3.63) is 0 Å². The highest BCUT2D eigenvalue weighted by atomic mass is 32.2. The maximum atomic E-state index is 13.2. The second-order valence-corrected chi connectivity index (χ2v) is 23.5. The lowest BCUT2D eigenvalue weighted by molar-refractivity contribution is -0.148. The molecule has 2 heterocycles. The van der Waals surface area contributed by atoms with Gasteiger partial charge in [0.05, 0.1) is 24.7 Å². The number of ether oxygens (including phenoxy) is 2. The maximum absolute atomic E-state index is 13.2. The summed E-state index contributed by atoms with van der Waals surface area (Å²) in [6.45, 7) is -6.53. The zero-order valence-corrected chi connectivity index (χ0v) is 50.0. The Hall–Kier alpha value is -4.93. The number of nitrogens with zero attached hydrogens (tertiary/aromatic N) is 8. The Labute approximate surface area is 505 Å². The largest absolute Gasteiger partial charge is 0.480 e. The highest BCUT2D eigenvalue weighted by Gasteiger charge is 2.37. The van der Waals surface area contributed by atoms with Crippen LogP contribution in [0.1, 0.15) is 51.4 Å². The van der Waals surface area contributed by atoms with Gasteiger partial charge in [-0.05, 0) is 51.4 Å². The van der Waals surface area contributed by atoms with Gasteiger partial charge in [-0.1, -0.05) is 0 Å². The Balaban J connectivity index is 2.27. The Bertz CT molecular complexity index is 1990. The molecule has 2 fully saturated rings. The van der Waals surface area contributed by atoms with E-state index < -0.39 is 170 Å². The fourth-order valence-electron chi connectivity index (χ4n) is 10.9. The van der Waals surface area contributed by atoms with Gasteiger partial charge in [0.25, 0.3) is 0 Å². The van der Waals surface area contributed by atoms with Gasteiger partial charge in [-0.2, -0.15) is 0 Å². The molecule has 2 aliphatic heterocycles. The molecule has 0 amide bonds. The number of hydrogen-bond donors (Lipinski definition) is 14. The predicted molar refractivity (Wildman–Crippen MR) is 304 cm³/mol. The van der Waals surface area contributed by atoms with E-state index in [0.29, 0.717) is 0 Å². The van der Waals surface area contributed by atoms with Crippen LogP contribution in [0.2, 0.25) is 0 Å². The molecule has 35 heteroatoms. The van der Waals surface area contributed by atoms with Gasteiger partial charge in [-0.25, -0.2) is 8.42 Å². The lowest BCUT2D eigenvalue weighted by Crippen LogP contribution is -2.56. The molecule has 0 bridgehead atoms. The first-order valence-corrected chi connectivity index (χ1v) is 30.9. The summed E-state index contributed by atoms with van der Waals surface area (Å²) in [5.41, 5.74) is 0. The normalized spacial score (nSPS) is 20.2. The van der Waals surface area contributed by atoms with E-state index in [0.717, 1.165) is 0 Å². The van der Waals surface area contributed by atoms with E-state index >= 15 is 0 Å². The van der Waals surface area contributed by atoms with E-state index in [9.17, 15) is 118 Å². The lowest BCUT2D eigenvalue weighted by Gasteiger charge is -2.39. The average Bonchev–Trinajstić information content (AvgIpc) is 3.61. The molecule has 0 aromatic rings. The molecule has 0 aromatic heterocycles. The molecule has 8 atom stereocenters. The number of carboxylic acids is 8. The fourth-order valence-corrected chi connectivity index (χ4v) is 11.9. The van der Waals surface area contributed by atoms with Gasteiger partial charge in [0.1, 0.15) is 48.3 Å². The summed E-state index contributed by atoms with van der Waals surface area (Å²) >= 11 is 0. The minimum absolute atomic E-state index is 0.0962. The molecule has 2 aliphatic rings. The van der Waals surface area contributed by atoms with Crippen molar-refractivity contribution in [1.29, 1.82) is 0 Å². The van der Waals surface area contributed by atoms with Crippen molar-refractivity contribution in [2.45, 2.75) is 99.7 Å². The summed E-state index contributed by atoms with van der Waals surface area (Å²) in [7, 11) is -3.93. The van der Waals surface area contributed by atoms with Crippen LogP contribution in [-0.2, 0) is 57.7 Å². The molecule has 2 rings (SSSR count). The summed E-state index contributed by atoms with van der Waals surface area (Å²) in [6.07, 6.45) is -1.89. The van der Waals surface area contributed by atoms with Gasteiger partial charge >= 0.3 is 47.8 Å². The lowest BCUT2D eigenvalue weighted by atomic mass is 10.1. The van der Waals surface area contributed by atoms with Gasteiger partial charge < -0.3 is 81.0 Å². The monoisotopic (exact) mass is 1280 g/mol. The number of hydrogen-bond acceptors (Lipinski definition) is 26. The van der Waals surface area contributed by atoms with Crippen LogP contribution in [0.3, 0.4) is 0 Å². The summed E-state index contributed by atoms with van der Waals surface area (Å²) in [5.74, 6) is -11.7. The summed E-state index contributed by atoms with van der Waals surface area (Å²) < 4.78 is 37.6. The first-order valence-electron chi connectivity index (χ1n) is 29.1. The molecule has 8 unspecified atom stereocenters. The van der Waals surface area contributed by atoms with Gasteiger partial charge in [-0.15, -0.1) is 0 Å². The summed E-state index contributed by atoms with van der Waals surface area (Å²) in [6, 6.07) is -10.4. The SMILES string of the molecule is O=C(O)C(CCO)N1CCN(C(CCO)C(=O)O)CCN(C(CCOCCS(=O)(=O)CCOCCC(C(=O)O)N2CCN(C(CCO)C(=O)O)CCN(C(CCO)C(=O)O)CCN(C(CCO)C(=O)O)CC2)C(=O)O)CCN(C(CCO)C(=O)O)CC1. The van der Waals surface area contributed by atoms with Crippen molar-refractivity contribution < 1.29 is 128 Å². The number of aliphatic carboxylic acids is 8. The van der Waals surface area contributed by atoms with E-state index in [4.69, 9.17) is 9.47 Å². The number of aliphatic hydroxyl groups excluding tert-OH is 6. The van der Waals surface area contributed by atoms with Crippen molar-refractivity contribution in [1.82, 2.24) is 39.2 Å². The second-order valence-electron chi connectivity index (χ2n) is 21.1. The van der Waals surface area contributed by atoms with Crippen molar-refractivity contribution in [3.8, 4) is 0 Å². The van der Waals surface area contributed by atoms with E-state index in [1.807, 2.05) is 0 Å². The van der Waals surface area contributed by atoms with Crippen LogP contribution >= 0.6 is 0 Å². The van der Waals surface area contributed by atoms with E-state index in [-0.39, 0.29) is 169 Å². The molecule has 504 valence electrons. The molecule has 0 aromatic carbocycles. The molecule has 14 N–H and O–H groups in total. The number of carbonyl (C=O) groups is 8. The number of rotatable bonds is 40. The zero-order chi connectivity index (χ0) is 65.2. The van der Waals surface area contributed by atoms with E-state index in [1.54, 1.807) is 0 Å². The van der Waals surface area contributed by atoms with Crippen molar-refractivity contribution in [3.63, 3.8) is 0 Å². The standard InChI is InChI=1S/C52H94N8O26S/c61-25-1-37(45(67)68)53-9-13-55(39(3-27-63)47(71)72)17-21-59(22-18-56(14-10-53)40(4-28-64)48(73)74)43(51(79)80)7-31-85-33-35-87(83,84)36-34-86-32-8-44(52(81)82)60-23-19-57(41(5-29-65)49(75)76)15-11-54(38(2-26-62)46(69)70)12-16-58(20-24-60)42(6-30-66)50(77)78/h37-44,61-66H,1-36H2,(H,67,68)(H,69,70)(H,71,72)(H,73,74)(H,75,76)(H,77,78)(H,79,80)(H,81,82). The number of aliphatic hydroxyl groups is 6. The number of carboxylic acid groups (broad SMARTS) is 8. The van der Waals surface area contributed by atoms with E-state index in [2.05, 4.69) is 0 Å². The Morgan fingerprint density at radius 1 is 0.264 bits per heavy atom. The summed E-state index contributed by atoms with van der Waals surface area (Å²) in [4.78, 5) is 112. The fraction of sp³-hybridized carbons (Fsp3) is 0.846. The molecule has 34 nitrogen and oxygen atoms in total. The smallest absolute Gasteiger partial charge is 0.321 e. The first-order chi connectivity index (χ1) is 41.3. The topological polar surface area (TPSA) is 498 Å². The quantitative estimate of drug-likeness (QED) is 0.0254. The van der Waals surface area contributed by atoms with Crippen LogP contribution in [0.15, 0.2) is 0 Å². The van der Waals surface area contributed by atoms with E-state index in [1.165, 1.54) is 39.2 Å². The minimum Gasteiger partial charge on any atom is -0.480 e. The Morgan fingerprint density at radius 3 is 0.529 bits per heavy atom. The van der Waals surface area contributed by atoms with Crippen molar-refractivity contribution in [2.24, 2.45) is 0 Å². The van der Waals surface area contributed by atoms with Crippen LogP contribution in [0.4, 0.5) is 0 Å². The van der Waals surface area contributed by atoms with Gasteiger partial charge in [0.15, 0.2) is 9.84 Å². The molecule has 0 saturated carbocycles. The minimum atomic E-state index is -3.93. The van der Waals surface area contributed by atoms with Crippen LogP contribution in [-0.4, -0.2) is 397 Å². The molecular weight excluding hydrogens is 1180 g/mol. The molecule has 0 radical (unpaired) electrons. The van der Waals surface area contributed by atoms with Gasteiger partial charge in [0, 0.05) is 158 Å². The summed E-state index contributed by atoms with van der Waals surface area (Å²) in [5, 5.41) is 140. The van der Waals surface area contributed by atoms with Gasteiger partial charge in [0.2, 0.25) is 0 Å². The third kappa shape index (κ3) is 27.8. The highest BCUT2D eigenvalue weighted by Crippen LogP contribution is 2.19. The Morgan fingerprint density at radius 2 is 0.402 bits per heavy atom. The maximum Gasteiger partial charge on any atom is 0.321 e. The molecule has 2 saturated heterocycles. The molecular formula is C52H94N8O26S. The molecule has 0 spiro atoms. The van der Waals surface area contributed by atoms with Crippen molar-refractivity contribution in [2.75, 3.05) is 182 Å². The predicted octanol–water partition coefficient (Wildman–Crippen LogP) is -6.42. The van der Waals surface area contributed by atoms with Gasteiger partial charge in [-0.3, -0.25) is 77.6 Å². The van der Waals surface area contributed by atoms with Crippen LogP contribution in [0.5, 0.6) is 0 Å². The Kier molecular flexibility index (Phi) is 37.9.